The summed E-state index contributed by atoms with van der Waals surface area (Å²) in [6.07, 6.45) is 18.3. The van der Waals surface area contributed by atoms with Crippen LogP contribution in [-0.2, 0) is 13.3 Å². The van der Waals surface area contributed by atoms with Gasteiger partial charge in [0.05, 0.1) is 0 Å². The first-order chi connectivity index (χ1) is 14.2. The van der Waals surface area contributed by atoms with E-state index in [2.05, 4.69) is 31.2 Å². The zero-order valence-corrected chi connectivity index (χ0v) is 20.4. The topological polar surface area (TPSA) is 27.7 Å². The first-order valence-corrected chi connectivity index (χ1v) is 13.7. The summed E-state index contributed by atoms with van der Waals surface area (Å²) in [6.45, 7) is 2.29. The molecule has 0 bridgehead atoms. The third kappa shape index (κ3) is 7.50. The van der Waals surface area contributed by atoms with Gasteiger partial charge in [-0.1, -0.05) is 89.0 Å². The standard InChI is InChI=1S/C25H44O3Si/c1-5-6-7-8-9-10-11-12-13-22-14-16-23(17-15-22)24-18-20-25(21-19-24)29(26-2,27-3)28-4/h18-23H,5-17H2,1-4H3. The van der Waals surface area contributed by atoms with E-state index in [4.69, 9.17) is 13.3 Å². The van der Waals surface area contributed by atoms with E-state index in [0.29, 0.717) is 5.92 Å². The summed E-state index contributed by atoms with van der Waals surface area (Å²) in [5.74, 6) is 1.67. The van der Waals surface area contributed by atoms with Gasteiger partial charge in [0.1, 0.15) is 0 Å². The van der Waals surface area contributed by atoms with Gasteiger partial charge in [0, 0.05) is 26.5 Å². The molecule has 0 spiro atoms. The van der Waals surface area contributed by atoms with Gasteiger partial charge in [-0.3, -0.25) is 0 Å². The lowest BCUT2D eigenvalue weighted by Crippen LogP contribution is -2.54. The summed E-state index contributed by atoms with van der Waals surface area (Å²) < 4.78 is 16.8. The largest absolute Gasteiger partial charge is 0.536 e. The molecule has 3 nitrogen and oxygen atoms in total. The van der Waals surface area contributed by atoms with Gasteiger partial charge >= 0.3 is 8.80 Å². The van der Waals surface area contributed by atoms with Crippen molar-refractivity contribution < 1.29 is 13.3 Å². The summed E-state index contributed by atoms with van der Waals surface area (Å²) in [5.41, 5.74) is 1.46. The van der Waals surface area contributed by atoms with Crippen LogP contribution in [0.3, 0.4) is 0 Å². The van der Waals surface area contributed by atoms with E-state index in [1.165, 1.54) is 89.0 Å². The van der Waals surface area contributed by atoms with Crippen LogP contribution in [0.5, 0.6) is 0 Å². The highest BCUT2D eigenvalue weighted by Gasteiger charge is 2.40. The van der Waals surface area contributed by atoms with Crippen molar-refractivity contribution in [3.63, 3.8) is 0 Å². The van der Waals surface area contributed by atoms with Crippen molar-refractivity contribution in [3.8, 4) is 0 Å². The van der Waals surface area contributed by atoms with E-state index in [1.807, 2.05) is 0 Å². The monoisotopic (exact) mass is 420 g/mol. The van der Waals surface area contributed by atoms with Crippen LogP contribution < -0.4 is 5.19 Å². The van der Waals surface area contributed by atoms with Crippen molar-refractivity contribution in [1.29, 1.82) is 0 Å². The molecular formula is C25H44O3Si. The normalized spacial score (nSPS) is 20.1. The Morgan fingerprint density at radius 1 is 0.724 bits per heavy atom. The fraction of sp³-hybridized carbons (Fsp3) is 0.760. The molecule has 0 N–H and O–H groups in total. The molecule has 1 aromatic rings. The molecule has 29 heavy (non-hydrogen) atoms. The minimum absolute atomic E-state index is 0.711. The van der Waals surface area contributed by atoms with Crippen LogP contribution in [-0.4, -0.2) is 30.1 Å². The Kier molecular flexibility index (Phi) is 11.5. The highest BCUT2D eigenvalue weighted by molar-refractivity contribution is 6.75. The molecule has 0 saturated heterocycles. The Morgan fingerprint density at radius 3 is 1.76 bits per heavy atom. The van der Waals surface area contributed by atoms with E-state index in [9.17, 15) is 0 Å². The van der Waals surface area contributed by atoms with Crippen LogP contribution in [0, 0.1) is 5.92 Å². The predicted molar refractivity (Wildman–Crippen MR) is 125 cm³/mol. The minimum atomic E-state index is -2.71. The van der Waals surface area contributed by atoms with Gasteiger partial charge in [-0.25, -0.2) is 0 Å². The van der Waals surface area contributed by atoms with Crippen LogP contribution in [0.25, 0.3) is 0 Å². The van der Waals surface area contributed by atoms with Crippen molar-refractivity contribution in [1.82, 2.24) is 0 Å². The summed E-state index contributed by atoms with van der Waals surface area (Å²) in [7, 11) is 2.29. The maximum Gasteiger partial charge on any atom is 0.536 e. The van der Waals surface area contributed by atoms with Crippen LogP contribution in [0.15, 0.2) is 24.3 Å². The fourth-order valence-electron chi connectivity index (χ4n) is 4.91. The molecule has 0 heterocycles. The Bertz CT molecular complexity index is 525. The lowest BCUT2D eigenvalue weighted by molar-refractivity contribution is 0.140. The van der Waals surface area contributed by atoms with Crippen molar-refractivity contribution in [2.45, 2.75) is 96.3 Å². The SMILES string of the molecule is CCCCCCCCCCC1CCC(c2ccc([Si](OC)(OC)OC)cc2)CC1. The molecule has 0 amide bonds. The first kappa shape index (κ1) is 24.6. The van der Waals surface area contributed by atoms with Crippen molar-refractivity contribution in [3.05, 3.63) is 29.8 Å². The molecule has 1 aromatic carbocycles. The summed E-state index contributed by atoms with van der Waals surface area (Å²) in [6, 6.07) is 8.81. The average molecular weight is 421 g/mol. The van der Waals surface area contributed by atoms with E-state index < -0.39 is 8.80 Å². The fourth-order valence-corrected chi connectivity index (χ4v) is 6.70. The first-order valence-electron chi connectivity index (χ1n) is 11.9. The van der Waals surface area contributed by atoms with Gasteiger partial charge in [-0.2, -0.15) is 0 Å². The Morgan fingerprint density at radius 2 is 1.24 bits per heavy atom. The molecule has 1 aliphatic rings. The Labute approximate surface area is 180 Å². The van der Waals surface area contributed by atoms with Gasteiger partial charge in [-0.05, 0) is 43.1 Å². The van der Waals surface area contributed by atoms with Crippen LogP contribution in [0.2, 0.25) is 0 Å². The third-order valence-electron chi connectivity index (χ3n) is 6.85. The van der Waals surface area contributed by atoms with Gasteiger partial charge in [0.25, 0.3) is 0 Å². The molecule has 1 saturated carbocycles. The molecule has 0 atom stereocenters. The van der Waals surface area contributed by atoms with Crippen LogP contribution >= 0.6 is 0 Å². The van der Waals surface area contributed by atoms with Gasteiger partial charge < -0.3 is 13.3 Å². The zero-order chi connectivity index (χ0) is 21.0. The molecule has 0 aliphatic heterocycles. The maximum absolute atomic E-state index is 5.60. The molecule has 4 heteroatoms. The second-order valence-electron chi connectivity index (χ2n) is 8.77. The second kappa shape index (κ2) is 13.6. The van der Waals surface area contributed by atoms with Gasteiger partial charge in [0.15, 0.2) is 0 Å². The highest BCUT2D eigenvalue weighted by Crippen LogP contribution is 2.37. The second-order valence-corrected chi connectivity index (χ2v) is 11.7. The van der Waals surface area contributed by atoms with Crippen molar-refractivity contribution in [2.24, 2.45) is 5.92 Å². The summed E-state index contributed by atoms with van der Waals surface area (Å²) in [4.78, 5) is 0. The Balaban J connectivity index is 1.69. The molecule has 0 unspecified atom stereocenters. The molecule has 0 aromatic heterocycles. The van der Waals surface area contributed by atoms with E-state index in [1.54, 1.807) is 21.3 Å². The van der Waals surface area contributed by atoms with Gasteiger partial charge in [-0.15, -0.1) is 0 Å². The van der Waals surface area contributed by atoms with Crippen molar-refractivity contribution in [2.75, 3.05) is 21.3 Å². The number of hydrogen-bond donors (Lipinski definition) is 0. The zero-order valence-electron chi connectivity index (χ0n) is 19.4. The highest BCUT2D eigenvalue weighted by atomic mass is 28.4. The van der Waals surface area contributed by atoms with E-state index >= 15 is 0 Å². The number of benzene rings is 1. The smallest absolute Gasteiger partial charge is 0.373 e. The maximum atomic E-state index is 5.60. The van der Waals surface area contributed by atoms with Gasteiger partial charge in [0.2, 0.25) is 0 Å². The van der Waals surface area contributed by atoms with E-state index in [0.717, 1.165) is 11.1 Å². The quantitative estimate of drug-likeness (QED) is 0.251. The summed E-state index contributed by atoms with van der Waals surface area (Å²) >= 11 is 0. The third-order valence-corrected chi connectivity index (χ3v) is 9.51. The lowest BCUT2D eigenvalue weighted by Gasteiger charge is -2.29. The van der Waals surface area contributed by atoms with E-state index in [-0.39, 0.29) is 0 Å². The molecule has 0 radical (unpaired) electrons. The van der Waals surface area contributed by atoms with Crippen LogP contribution in [0.1, 0.15) is 102 Å². The van der Waals surface area contributed by atoms with Crippen molar-refractivity contribution >= 4 is 14.0 Å². The summed E-state index contributed by atoms with van der Waals surface area (Å²) in [5, 5.41) is 1.04. The number of unbranched alkanes of at least 4 members (excludes halogenated alkanes) is 7. The molecule has 166 valence electrons. The minimum Gasteiger partial charge on any atom is -0.373 e. The predicted octanol–water partition coefficient (Wildman–Crippen LogP) is 6.58. The molecule has 2 rings (SSSR count). The molecule has 1 fully saturated rings. The Hall–Kier alpha value is -0.683. The molecular weight excluding hydrogens is 376 g/mol. The average Bonchev–Trinajstić information content (AvgIpc) is 2.78. The number of hydrogen-bond acceptors (Lipinski definition) is 3. The lowest BCUT2D eigenvalue weighted by atomic mass is 9.77. The number of rotatable bonds is 14. The molecule has 1 aliphatic carbocycles. The van der Waals surface area contributed by atoms with Crippen LogP contribution in [0.4, 0.5) is 0 Å².